The van der Waals surface area contributed by atoms with Crippen LogP contribution in [0.25, 0.3) is 0 Å². The molecule has 7 heteroatoms. The normalized spacial score (nSPS) is 23.6. The van der Waals surface area contributed by atoms with E-state index >= 15 is 0 Å². The average Bonchev–Trinajstić information content (AvgIpc) is 3.12. The summed E-state index contributed by atoms with van der Waals surface area (Å²) >= 11 is 1.90. The Morgan fingerprint density at radius 3 is 2.93 bits per heavy atom. The van der Waals surface area contributed by atoms with E-state index < -0.39 is 0 Å². The second-order valence-corrected chi connectivity index (χ2v) is 9.84. The second-order valence-electron chi connectivity index (χ2n) is 8.83. The number of ether oxygens (including phenoxy) is 1. The molecule has 2 N–H and O–H groups in total. The minimum absolute atomic E-state index is 0. The summed E-state index contributed by atoms with van der Waals surface area (Å²) in [6.07, 6.45) is 3.88. The first-order chi connectivity index (χ1) is 13.0. The van der Waals surface area contributed by atoms with E-state index in [1.807, 2.05) is 18.4 Å². The van der Waals surface area contributed by atoms with Crippen molar-refractivity contribution in [2.75, 3.05) is 39.8 Å². The van der Waals surface area contributed by atoms with Gasteiger partial charge in [0.1, 0.15) is 0 Å². The monoisotopic (exact) mass is 520 g/mol. The first kappa shape index (κ1) is 23.9. The fourth-order valence-electron chi connectivity index (χ4n) is 4.29. The highest BCUT2D eigenvalue weighted by Gasteiger charge is 2.35. The van der Waals surface area contributed by atoms with Crippen LogP contribution in [0.2, 0.25) is 0 Å². The predicted molar refractivity (Wildman–Crippen MR) is 130 cm³/mol. The number of rotatable bonds is 5. The summed E-state index contributed by atoms with van der Waals surface area (Å²) in [5, 5.41) is 9.24. The summed E-state index contributed by atoms with van der Waals surface area (Å²) in [5.41, 5.74) is 1.69. The molecule has 0 bridgehead atoms. The van der Waals surface area contributed by atoms with E-state index in [2.05, 4.69) is 52.7 Å². The predicted octanol–water partition coefficient (Wildman–Crippen LogP) is 3.73. The molecule has 160 valence electrons. The molecule has 3 rings (SSSR count). The van der Waals surface area contributed by atoms with Crippen molar-refractivity contribution in [2.24, 2.45) is 16.3 Å². The fourth-order valence-corrected chi connectivity index (χ4v) is 5.18. The van der Waals surface area contributed by atoms with Crippen LogP contribution in [0.1, 0.15) is 44.1 Å². The van der Waals surface area contributed by atoms with E-state index in [9.17, 15) is 0 Å². The van der Waals surface area contributed by atoms with Crippen LogP contribution in [0.4, 0.5) is 0 Å². The zero-order valence-electron chi connectivity index (χ0n) is 17.8. The standard InChI is InChI=1S/C21H36N4OS.HI/c1-21(2,3)19-16(6-5-12-26-19)14-24-20(22-4)23-9-11-25-10-7-18-17(15-25)8-13-27-18;/h8,13,16,19H,5-7,9-12,14-15H2,1-4H3,(H2,22,23,24);1H. The number of thiophene rings is 1. The molecule has 1 saturated heterocycles. The molecule has 3 heterocycles. The zero-order valence-corrected chi connectivity index (χ0v) is 20.9. The van der Waals surface area contributed by atoms with Crippen molar-refractivity contribution in [2.45, 2.75) is 52.7 Å². The molecular formula is C21H37IN4OS. The topological polar surface area (TPSA) is 48.9 Å². The van der Waals surface area contributed by atoms with Crippen molar-refractivity contribution in [3.05, 3.63) is 21.9 Å². The van der Waals surface area contributed by atoms with Crippen LogP contribution in [0.3, 0.4) is 0 Å². The van der Waals surface area contributed by atoms with Crippen molar-refractivity contribution < 1.29 is 4.74 Å². The van der Waals surface area contributed by atoms with Crippen molar-refractivity contribution in [1.82, 2.24) is 15.5 Å². The van der Waals surface area contributed by atoms with E-state index in [0.717, 1.165) is 51.7 Å². The number of aliphatic imine (C=N–C) groups is 1. The lowest BCUT2D eigenvalue weighted by Gasteiger charge is -2.40. The number of hydrogen-bond acceptors (Lipinski definition) is 4. The molecule has 0 spiro atoms. The van der Waals surface area contributed by atoms with Crippen LogP contribution in [-0.4, -0.2) is 56.8 Å². The molecule has 28 heavy (non-hydrogen) atoms. The summed E-state index contributed by atoms with van der Waals surface area (Å²) in [6, 6.07) is 2.28. The van der Waals surface area contributed by atoms with Gasteiger partial charge in [-0.3, -0.25) is 9.89 Å². The van der Waals surface area contributed by atoms with Gasteiger partial charge in [-0.15, -0.1) is 35.3 Å². The van der Waals surface area contributed by atoms with Gasteiger partial charge in [0.15, 0.2) is 5.96 Å². The number of hydrogen-bond donors (Lipinski definition) is 2. The number of halogens is 1. The van der Waals surface area contributed by atoms with Crippen molar-refractivity contribution in [3.8, 4) is 0 Å². The largest absolute Gasteiger partial charge is 0.377 e. The van der Waals surface area contributed by atoms with Crippen LogP contribution in [0.5, 0.6) is 0 Å². The smallest absolute Gasteiger partial charge is 0.191 e. The number of nitrogens with zero attached hydrogens (tertiary/aromatic N) is 2. The number of guanidine groups is 1. The maximum atomic E-state index is 6.10. The average molecular weight is 521 g/mol. The molecule has 2 unspecified atom stereocenters. The summed E-state index contributed by atoms with van der Waals surface area (Å²) in [4.78, 5) is 8.50. The first-order valence-corrected chi connectivity index (χ1v) is 11.2. The van der Waals surface area contributed by atoms with Crippen LogP contribution in [0.15, 0.2) is 16.4 Å². The Bertz CT molecular complexity index is 628. The summed E-state index contributed by atoms with van der Waals surface area (Å²) < 4.78 is 6.10. The number of fused-ring (bicyclic) bond motifs is 1. The Morgan fingerprint density at radius 1 is 1.36 bits per heavy atom. The van der Waals surface area contributed by atoms with Crippen molar-refractivity contribution >= 4 is 41.3 Å². The van der Waals surface area contributed by atoms with Gasteiger partial charge < -0.3 is 15.4 Å². The molecular weight excluding hydrogens is 483 g/mol. The molecule has 0 saturated carbocycles. The third kappa shape index (κ3) is 6.57. The highest BCUT2D eigenvalue weighted by molar-refractivity contribution is 14.0. The van der Waals surface area contributed by atoms with Crippen molar-refractivity contribution in [1.29, 1.82) is 0 Å². The molecule has 2 aliphatic heterocycles. The van der Waals surface area contributed by atoms with Crippen LogP contribution in [-0.2, 0) is 17.7 Å². The van der Waals surface area contributed by atoms with Gasteiger partial charge in [0.05, 0.1) is 6.10 Å². The van der Waals surface area contributed by atoms with E-state index in [0.29, 0.717) is 12.0 Å². The Kier molecular flexibility index (Phi) is 9.50. The van der Waals surface area contributed by atoms with Gasteiger partial charge in [-0.1, -0.05) is 20.8 Å². The Hall–Kier alpha value is -0.380. The SMILES string of the molecule is CN=C(NCCN1CCc2sccc2C1)NCC1CCCOC1C(C)(C)C.I. The maximum Gasteiger partial charge on any atom is 0.191 e. The Morgan fingerprint density at radius 2 is 2.18 bits per heavy atom. The van der Waals surface area contributed by atoms with Gasteiger partial charge in [-0.25, -0.2) is 0 Å². The van der Waals surface area contributed by atoms with Gasteiger partial charge in [0.25, 0.3) is 0 Å². The fraction of sp³-hybridized carbons (Fsp3) is 0.762. The number of nitrogens with one attached hydrogen (secondary N) is 2. The van der Waals surface area contributed by atoms with Gasteiger partial charge in [0.2, 0.25) is 0 Å². The molecule has 1 aromatic rings. The highest BCUT2D eigenvalue weighted by atomic mass is 127. The summed E-state index contributed by atoms with van der Waals surface area (Å²) in [6.45, 7) is 12.9. The molecule has 2 atom stereocenters. The minimum Gasteiger partial charge on any atom is -0.377 e. The Labute approximate surface area is 191 Å². The molecule has 0 aliphatic carbocycles. The third-order valence-corrected chi connectivity index (χ3v) is 6.68. The maximum absolute atomic E-state index is 6.10. The zero-order chi connectivity index (χ0) is 19.3. The highest BCUT2D eigenvalue weighted by Crippen LogP contribution is 2.33. The van der Waals surface area contributed by atoms with E-state index in [-0.39, 0.29) is 29.4 Å². The third-order valence-electron chi connectivity index (χ3n) is 5.66. The summed E-state index contributed by atoms with van der Waals surface area (Å²) in [7, 11) is 1.85. The lowest BCUT2D eigenvalue weighted by Crippen LogP contribution is -2.48. The van der Waals surface area contributed by atoms with Crippen LogP contribution in [0, 0.1) is 11.3 Å². The van der Waals surface area contributed by atoms with Gasteiger partial charge in [-0.2, -0.15) is 0 Å². The molecule has 0 radical (unpaired) electrons. The van der Waals surface area contributed by atoms with Gasteiger partial charge in [-0.05, 0) is 41.7 Å². The van der Waals surface area contributed by atoms with Gasteiger partial charge >= 0.3 is 0 Å². The molecule has 1 aromatic heterocycles. The first-order valence-electron chi connectivity index (χ1n) is 10.3. The van der Waals surface area contributed by atoms with Gasteiger partial charge in [0, 0.05) is 57.2 Å². The van der Waals surface area contributed by atoms with Crippen LogP contribution < -0.4 is 10.6 Å². The van der Waals surface area contributed by atoms with E-state index in [1.54, 1.807) is 4.88 Å². The molecule has 0 amide bonds. The lowest BCUT2D eigenvalue weighted by molar-refractivity contribution is -0.0835. The van der Waals surface area contributed by atoms with E-state index in [1.165, 1.54) is 18.4 Å². The Balaban J connectivity index is 0.00000280. The van der Waals surface area contributed by atoms with E-state index in [4.69, 9.17) is 4.74 Å². The lowest BCUT2D eigenvalue weighted by atomic mass is 9.78. The molecule has 2 aliphatic rings. The van der Waals surface area contributed by atoms with Crippen molar-refractivity contribution in [3.63, 3.8) is 0 Å². The quantitative estimate of drug-likeness (QED) is 0.353. The second kappa shape index (κ2) is 11.1. The molecule has 0 aromatic carbocycles. The molecule has 5 nitrogen and oxygen atoms in total. The minimum atomic E-state index is 0. The van der Waals surface area contributed by atoms with Crippen LogP contribution >= 0.6 is 35.3 Å². The molecule has 1 fully saturated rings. The summed E-state index contributed by atoms with van der Waals surface area (Å²) in [5.74, 6) is 1.44.